The van der Waals surface area contributed by atoms with Crippen LogP contribution >= 0.6 is 0 Å². The van der Waals surface area contributed by atoms with E-state index >= 15 is 0 Å². The summed E-state index contributed by atoms with van der Waals surface area (Å²) in [5.41, 5.74) is 37.9. The van der Waals surface area contributed by atoms with Crippen LogP contribution in [0.1, 0.15) is 248 Å². The lowest BCUT2D eigenvalue weighted by atomic mass is 9.33. The second-order valence-electron chi connectivity index (χ2n) is 47.9. The van der Waals surface area contributed by atoms with Gasteiger partial charge >= 0.3 is 0 Å². The summed E-state index contributed by atoms with van der Waals surface area (Å²) >= 11 is 0. The highest BCUT2D eigenvalue weighted by molar-refractivity contribution is 7.00. The molecular weight excluding hydrogens is 1630 g/mol. The van der Waals surface area contributed by atoms with E-state index in [9.17, 15) is 10.5 Å². The molecular formula is C128H129BN6. The van der Waals surface area contributed by atoms with Gasteiger partial charge in [0.25, 0.3) is 6.71 Å². The lowest BCUT2D eigenvalue weighted by molar-refractivity contribution is 0.568. The van der Waals surface area contributed by atoms with Crippen molar-refractivity contribution in [3.8, 4) is 90.3 Å². The Hall–Kier alpha value is -13.5. The first-order valence-corrected chi connectivity index (χ1v) is 48.6. The van der Waals surface area contributed by atoms with E-state index in [0.29, 0.717) is 11.1 Å². The molecule has 0 spiro atoms. The molecule has 17 aromatic rings. The third-order valence-corrected chi connectivity index (χ3v) is 28.9. The molecule has 7 heteroatoms. The van der Waals surface area contributed by atoms with Crippen molar-refractivity contribution in [1.29, 1.82) is 10.5 Å². The largest absolute Gasteiger partial charge is 0.310 e. The molecule has 0 fully saturated rings. The Labute approximate surface area is 803 Å². The van der Waals surface area contributed by atoms with Gasteiger partial charge in [-0.2, -0.15) is 10.5 Å². The fraction of sp³-hybridized carbons (Fsp3) is 0.281. The molecule has 2 aliphatic heterocycles. The van der Waals surface area contributed by atoms with E-state index in [1.165, 1.54) is 71.5 Å². The lowest BCUT2D eigenvalue weighted by Gasteiger charge is -2.47. The van der Waals surface area contributed by atoms with Crippen molar-refractivity contribution in [2.75, 3.05) is 9.80 Å². The van der Waals surface area contributed by atoms with Crippen molar-refractivity contribution in [1.82, 2.24) is 9.13 Å². The average Bonchev–Trinajstić information content (AvgIpc) is 1.18. The van der Waals surface area contributed by atoms with Crippen LogP contribution in [0.15, 0.2) is 291 Å². The fourth-order valence-electron chi connectivity index (χ4n) is 20.8. The Bertz CT molecular complexity index is 6940. The van der Waals surface area contributed by atoms with Gasteiger partial charge < -0.3 is 18.9 Å². The number of aromatic nitrogens is 2. The molecule has 0 amide bonds. The minimum Gasteiger partial charge on any atom is -0.310 e. The van der Waals surface area contributed by atoms with Crippen LogP contribution in [0, 0.1) is 22.7 Å². The topological polar surface area (TPSA) is 63.9 Å². The van der Waals surface area contributed by atoms with Crippen LogP contribution in [0.3, 0.4) is 0 Å². The van der Waals surface area contributed by atoms with E-state index in [4.69, 9.17) is 0 Å². The van der Waals surface area contributed by atoms with E-state index in [0.717, 1.165) is 151 Å². The maximum Gasteiger partial charge on any atom is 0.252 e. The molecule has 0 aliphatic carbocycles. The zero-order valence-corrected chi connectivity index (χ0v) is 84.5. The van der Waals surface area contributed by atoms with E-state index in [-0.39, 0.29) is 43.3 Å². The Morgan fingerprint density at radius 1 is 0.215 bits per heavy atom. The van der Waals surface area contributed by atoms with E-state index < -0.39 is 12.1 Å². The summed E-state index contributed by atoms with van der Waals surface area (Å²) in [4.78, 5) is 5.54. The second kappa shape index (κ2) is 32.1. The highest BCUT2D eigenvalue weighted by atomic mass is 15.2. The Morgan fingerprint density at radius 2 is 0.437 bits per heavy atom. The predicted octanol–water partition coefficient (Wildman–Crippen LogP) is 33.4. The van der Waals surface area contributed by atoms with Crippen LogP contribution < -0.4 is 26.2 Å². The van der Waals surface area contributed by atoms with Gasteiger partial charge in [0.05, 0.1) is 56.7 Å². The number of anilines is 6. The smallest absolute Gasteiger partial charge is 0.252 e. The number of nitriles is 2. The third-order valence-electron chi connectivity index (χ3n) is 28.9. The molecule has 0 unspecified atom stereocenters. The molecule has 4 heterocycles. The minimum absolute atomic E-state index is 0.285. The van der Waals surface area contributed by atoms with E-state index in [2.05, 4.69) is 485 Å². The zero-order chi connectivity index (χ0) is 96.0. The van der Waals surface area contributed by atoms with Gasteiger partial charge in [0.1, 0.15) is 0 Å². The SMILES string of the molecule is CC(C)(C)c1cc(-c2cc(-c3ccccc3C#N)cc(-c3cc(C(C)(C)C)cc(C(C)(C)C)c3)c2N2c3cc(-n4c5ccccc5c5ccccc54)ccc3B3c4ccc(-n5c6ccccc6c6ccccc65)cc4N(c4c(-c5cc(C(C)(C)C)cc(C(C)(C)C)c5)cc(-c5ccccc5C#N)cc4-c4cc(C(C)(C)C)cc(C(C)(C)C)c4)c4cc(C(C)(C)C)cc2c43)cc(C(C)(C)C)c1. The van der Waals surface area contributed by atoms with Gasteiger partial charge in [-0.1, -0.05) is 381 Å². The van der Waals surface area contributed by atoms with Crippen LogP contribution in [-0.4, -0.2) is 15.8 Å². The molecule has 0 bridgehead atoms. The van der Waals surface area contributed by atoms with Crippen LogP contribution in [0.2, 0.25) is 0 Å². The number of para-hydroxylation sites is 4. The molecule has 2 aliphatic rings. The normalized spacial score (nSPS) is 13.4. The summed E-state index contributed by atoms with van der Waals surface area (Å²) in [5, 5.41) is 28.0. The van der Waals surface area contributed by atoms with Crippen LogP contribution in [0.4, 0.5) is 34.1 Å². The molecule has 15 aromatic carbocycles. The lowest BCUT2D eigenvalue weighted by Crippen LogP contribution is -2.61. The molecule has 0 radical (unpaired) electrons. The van der Waals surface area contributed by atoms with E-state index in [1.54, 1.807) is 0 Å². The van der Waals surface area contributed by atoms with Gasteiger partial charge in [-0.25, -0.2) is 0 Å². The molecule has 6 nitrogen and oxygen atoms in total. The van der Waals surface area contributed by atoms with Crippen molar-refractivity contribution in [2.45, 2.75) is 236 Å². The van der Waals surface area contributed by atoms with Gasteiger partial charge in [-0.05, 0) is 257 Å². The first-order valence-electron chi connectivity index (χ1n) is 48.6. The van der Waals surface area contributed by atoms with Crippen LogP contribution in [-0.2, 0) is 48.7 Å². The molecule has 19 rings (SSSR count). The number of nitrogens with zero attached hydrogens (tertiary/aromatic N) is 6. The highest BCUT2D eigenvalue weighted by Gasteiger charge is 2.48. The number of rotatable bonds is 10. The van der Waals surface area contributed by atoms with Crippen LogP contribution in [0.5, 0.6) is 0 Å². The molecule has 0 atom stereocenters. The minimum atomic E-state index is -0.502. The maximum absolute atomic E-state index is 11.6. The van der Waals surface area contributed by atoms with Gasteiger partial charge in [-0.3, -0.25) is 0 Å². The van der Waals surface area contributed by atoms with Gasteiger partial charge in [-0.15, -0.1) is 0 Å². The molecule has 135 heavy (non-hydrogen) atoms. The molecule has 0 saturated carbocycles. The molecule has 0 saturated heterocycles. The molecule has 674 valence electrons. The number of hydrogen-bond acceptors (Lipinski definition) is 4. The summed E-state index contributed by atoms with van der Waals surface area (Å²) in [7, 11) is 0. The van der Waals surface area contributed by atoms with Crippen molar-refractivity contribution in [3.05, 3.63) is 352 Å². The number of fused-ring (bicyclic) bond motifs is 10. The maximum atomic E-state index is 11.6. The Morgan fingerprint density at radius 3 is 0.681 bits per heavy atom. The zero-order valence-electron chi connectivity index (χ0n) is 84.5. The Balaban J connectivity index is 1.08. The van der Waals surface area contributed by atoms with Crippen LogP contribution in [0.25, 0.3) is 122 Å². The van der Waals surface area contributed by atoms with Crippen molar-refractivity contribution < 1.29 is 0 Å². The van der Waals surface area contributed by atoms with Gasteiger partial charge in [0.2, 0.25) is 0 Å². The van der Waals surface area contributed by atoms with Crippen molar-refractivity contribution in [2.24, 2.45) is 0 Å². The third kappa shape index (κ3) is 16.1. The highest BCUT2D eigenvalue weighted by Crippen LogP contribution is 2.58. The molecule has 0 N–H and O–H groups in total. The fourth-order valence-corrected chi connectivity index (χ4v) is 20.8. The van der Waals surface area contributed by atoms with Crippen molar-refractivity contribution in [3.63, 3.8) is 0 Å². The summed E-state index contributed by atoms with van der Waals surface area (Å²) in [6.07, 6.45) is 0. The van der Waals surface area contributed by atoms with Gasteiger partial charge in [0, 0.05) is 77.9 Å². The van der Waals surface area contributed by atoms with Crippen molar-refractivity contribution >= 4 is 101 Å². The summed E-state index contributed by atoms with van der Waals surface area (Å²) in [6, 6.07) is 118. The van der Waals surface area contributed by atoms with Gasteiger partial charge in [0.15, 0.2) is 0 Å². The summed E-state index contributed by atoms with van der Waals surface area (Å²) in [5.74, 6) is 0. The second-order valence-corrected chi connectivity index (χ2v) is 47.9. The molecule has 2 aromatic heterocycles. The standard InChI is InChI=1S/C128H129BN6/c1-120(2,3)86-56-80(57-87(68-86)121(4,5)6)103-64-84(97-42-30-28-40-78(97)76-130)65-104(81-58-88(122(7,8)9)69-89(59-81)123(10,11)12)118(103)134-113-74-95(132-109-48-36-32-44-99(109)100-45-33-37-49-110(100)132)52-54-107(113)129-108-55-53-96(133-111-50-38-34-46-101(111)102-47-35-39-51-112(102)133)75-114(108)135(116-73-94(128(25,26)27)72-115(134)117(116)129)119-105(82-60-90(124(13,14)15)70-91(61-82)125(16,17)18)66-85(98-43-31-29-41-79(98)77-131)67-106(119)83-62-92(126(19,20)21)71-93(63-83)127(22,23)24/h28-75H,1-27H3. The average molecular weight is 1760 g/mol. The number of hydrogen-bond donors (Lipinski definition) is 0. The Kier molecular flexibility index (Phi) is 21.6. The quantitative estimate of drug-likeness (QED) is 0.128. The first-order chi connectivity index (χ1) is 63.5. The van der Waals surface area contributed by atoms with E-state index in [1.807, 2.05) is 24.3 Å². The first kappa shape index (κ1) is 90.7. The number of benzene rings is 15. The summed E-state index contributed by atoms with van der Waals surface area (Å²) in [6.45, 7) is 63.5. The summed E-state index contributed by atoms with van der Waals surface area (Å²) < 4.78 is 5.03. The monoisotopic (exact) mass is 1760 g/mol. The predicted molar refractivity (Wildman–Crippen MR) is 579 cm³/mol.